The Morgan fingerprint density at radius 2 is 0.538 bits per heavy atom. The number of nitrogens with zero attached hydrogens (tertiary/aromatic N) is 8. The molecule has 754 valence electrons. The van der Waals surface area contributed by atoms with E-state index in [2.05, 4.69) is 135 Å². The van der Waals surface area contributed by atoms with Crippen LogP contribution in [0.3, 0.4) is 0 Å². The Hall–Kier alpha value is -14.0. The maximum atomic E-state index is 13.3. The van der Waals surface area contributed by atoms with Crippen molar-refractivity contribution in [1.29, 1.82) is 0 Å². The van der Waals surface area contributed by atoms with Gasteiger partial charge in [-0.15, -0.1) is 0 Å². The van der Waals surface area contributed by atoms with Gasteiger partial charge in [-0.1, -0.05) is 254 Å². The molecule has 8 heterocycles. The number of nitrogens with one attached hydrogen (secondary N) is 8. The summed E-state index contributed by atoms with van der Waals surface area (Å²) in [6, 6.07) is 66.4. The number of aromatic hydroxyl groups is 8. The average molecular weight is 2090 g/mol. The molecule has 0 aliphatic heterocycles. The molecule has 15 rings (SSSR count). The fourth-order valence-electron chi connectivity index (χ4n) is 12.2. The zero-order valence-corrected chi connectivity index (χ0v) is 83.5. The van der Waals surface area contributed by atoms with Crippen molar-refractivity contribution in [3.05, 3.63) is 382 Å². The van der Waals surface area contributed by atoms with Crippen molar-refractivity contribution in [2.24, 2.45) is 0 Å². The number of aromatic amines is 8. The van der Waals surface area contributed by atoms with Crippen LogP contribution in [-0.2, 0) is 51.4 Å². The Bertz CT molecular complexity index is 6830. The molecule has 0 bridgehead atoms. The summed E-state index contributed by atoms with van der Waals surface area (Å²) < 4.78 is 44.0. The number of thioether (sulfide) groups is 7. The first kappa shape index (κ1) is 114. The molecule has 33 nitrogen and oxygen atoms in total. The fraction of sp³-hybridized carbons (Fsp3) is 0.260. The Labute approximate surface area is 848 Å². The van der Waals surface area contributed by atoms with Crippen molar-refractivity contribution in [2.45, 2.75) is 152 Å². The van der Waals surface area contributed by atoms with Crippen LogP contribution in [0.4, 0.5) is 13.2 Å². The summed E-state index contributed by atoms with van der Waals surface area (Å²) in [5.74, 6) is 3.85. The van der Waals surface area contributed by atoms with Gasteiger partial charge < -0.3 is 85.5 Å². The van der Waals surface area contributed by atoms with Crippen molar-refractivity contribution in [3.63, 3.8) is 0 Å². The third kappa shape index (κ3) is 49.8. The number of H-pyrrole nitrogens is 8. The van der Waals surface area contributed by atoms with E-state index in [4.69, 9.17) is 25.2 Å². The van der Waals surface area contributed by atoms with E-state index in [9.17, 15) is 72.0 Å². The predicted molar refractivity (Wildman–Crippen MR) is 556 cm³/mol. The van der Waals surface area contributed by atoms with Crippen molar-refractivity contribution >= 4 is 82.3 Å². The number of benzene rings is 7. The predicted octanol–water partition coefficient (Wildman–Crippen LogP) is 16.6. The highest BCUT2D eigenvalue weighted by molar-refractivity contribution is 8.00. The molecule has 0 unspecified atom stereocenters. The van der Waals surface area contributed by atoms with Crippen molar-refractivity contribution in [2.75, 3.05) is 47.4 Å². The molecule has 0 amide bonds. The molecule has 8 aromatic heterocycles. The molecule has 7 aromatic carbocycles. The topological polar surface area (TPSA) is 537 Å². The molecule has 15 aromatic rings. The van der Waals surface area contributed by atoms with E-state index in [1.807, 2.05) is 72.8 Å². The van der Waals surface area contributed by atoms with E-state index >= 15 is 0 Å². The Morgan fingerprint density at radius 1 is 0.252 bits per heavy atom. The molecule has 0 atom stereocenters. The van der Waals surface area contributed by atoms with Gasteiger partial charge in [-0.3, -0.25) is 38.4 Å². The lowest BCUT2D eigenvalue weighted by atomic mass is 10.1. The van der Waals surface area contributed by atoms with Gasteiger partial charge in [0.2, 0.25) is 47.0 Å². The van der Waals surface area contributed by atoms with Crippen LogP contribution >= 0.6 is 82.3 Å². The molecule has 0 fully saturated rings. The Morgan fingerprint density at radius 3 is 0.888 bits per heavy atom. The third-order valence-corrected chi connectivity index (χ3v) is 25.4. The normalized spacial score (nSPS) is 10.5. The first-order valence-electron chi connectivity index (χ1n) is 44.8. The summed E-state index contributed by atoms with van der Waals surface area (Å²) in [4.78, 5) is 140. The Balaban J connectivity index is 0.000000200. The van der Waals surface area contributed by atoms with Crippen molar-refractivity contribution in [3.8, 4) is 52.8 Å². The molecule has 0 aliphatic rings. The summed E-state index contributed by atoms with van der Waals surface area (Å²) in [7, 11) is 1.63. The van der Waals surface area contributed by atoms with Gasteiger partial charge >= 0.3 is 0 Å². The van der Waals surface area contributed by atoms with E-state index in [0.29, 0.717) is 77.6 Å². The fourth-order valence-corrected chi connectivity index (χ4v) is 18.2. The van der Waals surface area contributed by atoms with Crippen LogP contribution < -0.4 is 49.2 Å². The van der Waals surface area contributed by atoms with Gasteiger partial charge in [-0.25, -0.2) is 18.2 Å². The molecule has 43 heteroatoms. The smallest absolute Gasteiger partial charge is 0.255 e. The molecule has 0 spiro atoms. The van der Waals surface area contributed by atoms with E-state index < -0.39 is 11.1 Å². The number of halogens is 3. The molecular formula is C100H109F3N16O17S7. The van der Waals surface area contributed by atoms with E-state index in [-0.39, 0.29) is 97.8 Å². The number of unbranched alkanes of at least 4 members (excludes halogenated alkanes) is 5. The van der Waals surface area contributed by atoms with Crippen LogP contribution in [0.25, 0.3) is 0 Å². The molecule has 16 N–H and O–H groups in total. The highest BCUT2D eigenvalue weighted by Gasteiger charge is 2.12. The quantitative estimate of drug-likeness (QED) is 0.00966. The zero-order chi connectivity index (χ0) is 103. The van der Waals surface area contributed by atoms with Crippen LogP contribution in [0.1, 0.15) is 109 Å². The monoisotopic (exact) mass is 2090 g/mol. The van der Waals surface area contributed by atoms with Crippen LogP contribution in [-0.4, -0.2) is 168 Å². The summed E-state index contributed by atoms with van der Waals surface area (Å²) >= 11 is 9.65. The first-order valence-corrected chi connectivity index (χ1v) is 51.7. The first-order chi connectivity index (χ1) is 69.0. The lowest BCUT2D eigenvalue weighted by molar-refractivity contribution is 0.414. The van der Waals surface area contributed by atoms with Gasteiger partial charge in [0.15, 0.2) is 36.1 Å². The summed E-state index contributed by atoms with van der Waals surface area (Å²) in [5.41, 5.74) is 4.92. The summed E-state index contributed by atoms with van der Waals surface area (Å²) in [6.07, 6.45) is 16.4. The maximum Gasteiger partial charge on any atom is 0.255 e. The average Bonchev–Trinajstić information content (AvgIpc) is 0.878. The van der Waals surface area contributed by atoms with Crippen LogP contribution in [0.5, 0.6) is 52.8 Å². The minimum Gasteiger partial charge on any atom is -0.497 e. The summed E-state index contributed by atoms with van der Waals surface area (Å²) in [6.45, 7) is 2.11. The lowest BCUT2D eigenvalue weighted by Crippen LogP contribution is -2.09. The molecule has 0 saturated heterocycles. The van der Waals surface area contributed by atoms with Gasteiger partial charge in [-0.2, -0.15) is 34.9 Å². The molecule has 0 aliphatic carbocycles. The minimum atomic E-state index is -0.407. The van der Waals surface area contributed by atoms with E-state index in [1.165, 1.54) is 135 Å². The second-order valence-electron chi connectivity index (χ2n) is 30.3. The van der Waals surface area contributed by atoms with E-state index in [0.717, 1.165) is 185 Å². The lowest BCUT2D eigenvalue weighted by Gasteiger charge is -2.03. The molecule has 143 heavy (non-hydrogen) atoms. The molecular weight excluding hydrogens is 1980 g/mol. The molecule has 0 saturated carbocycles. The number of aromatic nitrogens is 16. The number of hydrogen-bond donors (Lipinski definition) is 16. The number of methoxy groups -OCH3 is 1. The number of hydrogen-bond acceptors (Lipinski definition) is 32. The van der Waals surface area contributed by atoms with Gasteiger partial charge in [0.05, 0.1) is 55.6 Å². The van der Waals surface area contributed by atoms with Gasteiger partial charge in [0, 0.05) is 46.7 Å². The zero-order valence-electron chi connectivity index (χ0n) is 77.8. The number of rotatable bonds is 39. The number of ether oxygens (including phenoxy) is 1. The second-order valence-corrected chi connectivity index (χ2v) is 37.9. The maximum absolute atomic E-state index is 13.3. The SMILES string of the molecule is CCCCCc1nc(O)cc(=O)[nH]1.COc1ccc(CCSc2nc(O)cc(=O)[nH]2)cc1.O=c1cc(O)nc(SCCCCCc2ccccc2)[nH]1.O=c1cc(O)nc(SCCCCc2ccccc2)[nH]1.O=c1cc(O)nc(SCCCc2ccccc2)[nH]1.O=c1cc(O)nc(SCCc2ccc(F)cc2)[nH]1.O=c1cc(O)nc(SCCc2cccc(F)c2)[nH]1.O=c1cc(O)nc(SCCc2ccccc2F)[nH]1. The third-order valence-electron chi connectivity index (χ3n) is 19.0. The highest BCUT2D eigenvalue weighted by Crippen LogP contribution is 2.25. The van der Waals surface area contributed by atoms with Gasteiger partial charge in [0.1, 0.15) is 29.0 Å². The van der Waals surface area contributed by atoms with Crippen molar-refractivity contribution < 1.29 is 58.8 Å². The second kappa shape index (κ2) is 65.2. The van der Waals surface area contributed by atoms with Gasteiger partial charge in [-0.05, 0) is 165 Å². The summed E-state index contributed by atoms with van der Waals surface area (Å²) in [5, 5.41) is 76.2. The highest BCUT2D eigenvalue weighted by atomic mass is 32.2. The standard InChI is InChI=1S/C15H18N2O2S.C14H16N2O2S.C13H14N2O3S.C13H14N2O2S.3C12H11FN2O2S.C9H14N2O2/c18-13-11-14(19)17-15(16-13)20-10-6-2-5-9-12-7-3-1-4-8-12;17-12-10-13(18)16-14(15-12)19-9-5-4-8-11-6-2-1-3-7-11;1-18-10-4-2-9(3-5-10)6-7-19-13-14-11(16)8-12(17)15-13;16-11-9-12(17)15-13(14-11)18-8-4-7-10-5-2-1-3-6-10;13-9-3-1-8(2-4-9)5-6-18-12-14-10(16)7-11(17)15-12;13-9-3-1-2-8(6-9)4-5-18-12-14-10(16)7-11(17)15-12;13-9-4-2-1-3-8(9)5-6-18-12-14-10(16)7-11(17)15-12;1-2-3-4-5-7-10-8(12)6-9(13)11-7/h1,3-4,7-8,11H,2,5-6,9-10H2,(H2,16,17,18,19);1-3,6-7,10H,4-5,8-9H2,(H2,15,16,17,18);2-5,8H,6-7H2,1H3,(H2,14,15,16,17);1-3,5-6,9H,4,7-8H2,(H2,14,15,16,17);1-4,7H,5-6H2,(H2,14,15,16,17);1-3,6-7H,4-5H2,(H2,14,15,16,17);1-4,7H,5-6H2,(H2,14,15,16,17);6H,2-5H2,1H3,(H2,10,11,12,13). The largest absolute Gasteiger partial charge is 0.497 e. The number of aryl methyl sites for hydroxylation is 8. The Kier molecular flexibility index (Phi) is 52.1. The molecule has 0 radical (unpaired) electrons. The minimum absolute atomic E-state index is 0.199. The van der Waals surface area contributed by atoms with E-state index in [1.54, 1.807) is 43.5 Å². The van der Waals surface area contributed by atoms with Gasteiger partial charge in [0.25, 0.3) is 44.5 Å². The van der Waals surface area contributed by atoms with Crippen LogP contribution in [0.2, 0.25) is 0 Å². The van der Waals surface area contributed by atoms with Crippen LogP contribution in [0.15, 0.2) is 311 Å². The van der Waals surface area contributed by atoms with Crippen LogP contribution in [0, 0.1) is 17.5 Å². The van der Waals surface area contributed by atoms with Crippen molar-refractivity contribution in [1.82, 2.24) is 79.7 Å².